The SMILES string of the molecule is CCNC(=NCC1(c2ccccc2)CC1)NCC1CCCN(C(C)C)C1.I. The van der Waals surface area contributed by atoms with Gasteiger partial charge in [-0.05, 0) is 64.5 Å². The van der Waals surface area contributed by atoms with E-state index in [1.807, 2.05) is 0 Å². The molecule has 27 heavy (non-hydrogen) atoms. The number of nitrogens with one attached hydrogen (secondary N) is 2. The Morgan fingerprint density at radius 1 is 1.22 bits per heavy atom. The summed E-state index contributed by atoms with van der Waals surface area (Å²) >= 11 is 0. The zero-order valence-electron chi connectivity index (χ0n) is 17.2. The van der Waals surface area contributed by atoms with Crippen LogP contribution in [0, 0.1) is 5.92 Å². The van der Waals surface area contributed by atoms with Crippen LogP contribution in [0.4, 0.5) is 0 Å². The molecule has 1 aromatic carbocycles. The summed E-state index contributed by atoms with van der Waals surface area (Å²) in [5, 5.41) is 7.05. The Balaban J connectivity index is 0.00000261. The highest BCUT2D eigenvalue weighted by molar-refractivity contribution is 14.0. The van der Waals surface area contributed by atoms with Crippen molar-refractivity contribution in [2.45, 2.75) is 57.9 Å². The van der Waals surface area contributed by atoms with Gasteiger partial charge in [0.2, 0.25) is 0 Å². The molecule has 0 bridgehead atoms. The Labute approximate surface area is 182 Å². The molecule has 1 aliphatic carbocycles. The van der Waals surface area contributed by atoms with Gasteiger partial charge in [0.25, 0.3) is 0 Å². The molecule has 1 saturated heterocycles. The maximum absolute atomic E-state index is 4.94. The second-order valence-electron chi connectivity index (χ2n) is 8.32. The first-order valence-electron chi connectivity index (χ1n) is 10.4. The van der Waals surface area contributed by atoms with Gasteiger partial charge in [0, 0.05) is 31.1 Å². The Hall–Kier alpha value is -0.820. The van der Waals surface area contributed by atoms with Crippen LogP contribution in [-0.2, 0) is 5.41 Å². The summed E-state index contributed by atoms with van der Waals surface area (Å²) in [6.45, 7) is 12.0. The number of benzene rings is 1. The minimum absolute atomic E-state index is 0. The first-order chi connectivity index (χ1) is 12.6. The zero-order chi connectivity index (χ0) is 18.4. The Bertz CT molecular complexity index is 583. The number of hydrogen-bond acceptors (Lipinski definition) is 2. The van der Waals surface area contributed by atoms with Crippen molar-refractivity contribution < 1.29 is 0 Å². The molecule has 4 nitrogen and oxygen atoms in total. The molecule has 1 atom stereocenters. The van der Waals surface area contributed by atoms with Gasteiger partial charge >= 0.3 is 0 Å². The number of piperidine rings is 1. The zero-order valence-corrected chi connectivity index (χ0v) is 19.5. The van der Waals surface area contributed by atoms with E-state index in [9.17, 15) is 0 Å². The highest BCUT2D eigenvalue weighted by Gasteiger charge is 2.44. The lowest BCUT2D eigenvalue weighted by Gasteiger charge is -2.35. The predicted molar refractivity (Wildman–Crippen MR) is 126 cm³/mol. The fourth-order valence-corrected chi connectivity index (χ4v) is 4.03. The maximum Gasteiger partial charge on any atom is 0.191 e. The molecule has 5 heteroatoms. The van der Waals surface area contributed by atoms with Crippen LogP contribution in [0.3, 0.4) is 0 Å². The first kappa shape index (κ1) is 22.5. The van der Waals surface area contributed by atoms with Crippen LogP contribution < -0.4 is 10.6 Å². The second-order valence-corrected chi connectivity index (χ2v) is 8.32. The highest BCUT2D eigenvalue weighted by Crippen LogP contribution is 2.48. The van der Waals surface area contributed by atoms with E-state index >= 15 is 0 Å². The van der Waals surface area contributed by atoms with Gasteiger partial charge in [-0.25, -0.2) is 0 Å². The second kappa shape index (κ2) is 10.6. The molecular weight excluding hydrogens is 447 g/mol. The monoisotopic (exact) mass is 484 g/mol. The van der Waals surface area contributed by atoms with E-state index in [4.69, 9.17) is 4.99 Å². The van der Waals surface area contributed by atoms with Crippen molar-refractivity contribution in [2.75, 3.05) is 32.7 Å². The molecule has 0 spiro atoms. The lowest BCUT2D eigenvalue weighted by Crippen LogP contribution is -2.46. The molecule has 152 valence electrons. The average Bonchev–Trinajstić information content (AvgIpc) is 3.46. The minimum Gasteiger partial charge on any atom is -0.357 e. The van der Waals surface area contributed by atoms with Gasteiger partial charge < -0.3 is 15.5 Å². The van der Waals surface area contributed by atoms with Gasteiger partial charge in [-0.2, -0.15) is 0 Å². The third-order valence-corrected chi connectivity index (χ3v) is 5.96. The lowest BCUT2D eigenvalue weighted by molar-refractivity contribution is 0.141. The molecule has 1 aromatic rings. The summed E-state index contributed by atoms with van der Waals surface area (Å²) in [4.78, 5) is 7.55. The molecule has 2 aliphatic rings. The standard InChI is InChI=1S/C22H36N4.HI/c1-4-23-21(24-15-19-9-8-14-26(16-19)18(2)3)25-17-22(12-13-22)20-10-6-5-7-11-20;/h5-7,10-11,18-19H,4,8-9,12-17H2,1-3H3,(H2,23,24,25);1H. The fraction of sp³-hybridized carbons (Fsp3) is 0.682. The molecule has 0 aromatic heterocycles. The van der Waals surface area contributed by atoms with E-state index in [0.29, 0.717) is 6.04 Å². The summed E-state index contributed by atoms with van der Waals surface area (Å²) in [7, 11) is 0. The number of nitrogens with zero attached hydrogens (tertiary/aromatic N) is 2. The molecule has 2 N–H and O–H groups in total. The first-order valence-corrected chi connectivity index (χ1v) is 10.4. The third-order valence-electron chi connectivity index (χ3n) is 5.96. The van der Waals surface area contributed by atoms with E-state index < -0.39 is 0 Å². The van der Waals surface area contributed by atoms with Crippen LogP contribution in [0.2, 0.25) is 0 Å². The number of aliphatic imine (C=N–C) groups is 1. The number of hydrogen-bond donors (Lipinski definition) is 2. The third kappa shape index (κ3) is 6.34. The summed E-state index contributed by atoms with van der Waals surface area (Å²) in [6.07, 6.45) is 5.15. The topological polar surface area (TPSA) is 39.7 Å². The van der Waals surface area contributed by atoms with Crippen LogP contribution >= 0.6 is 24.0 Å². The van der Waals surface area contributed by atoms with Gasteiger partial charge in [-0.1, -0.05) is 30.3 Å². The largest absolute Gasteiger partial charge is 0.357 e. The van der Waals surface area contributed by atoms with Crippen molar-refractivity contribution in [1.82, 2.24) is 15.5 Å². The molecule has 1 saturated carbocycles. The van der Waals surface area contributed by atoms with E-state index in [2.05, 4.69) is 66.6 Å². The summed E-state index contributed by atoms with van der Waals surface area (Å²) in [6, 6.07) is 11.6. The van der Waals surface area contributed by atoms with Crippen molar-refractivity contribution >= 4 is 29.9 Å². The average molecular weight is 484 g/mol. The normalized spacial score (nSPS) is 22.2. The number of rotatable bonds is 7. The van der Waals surface area contributed by atoms with Crippen molar-refractivity contribution in [1.29, 1.82) is 0 Å². The van der Waals surface area contributed by atoms with Crippen molar-refractivity contribution in [2.24, 2.45) is 10.9 Å². The molecule has 3 rings (SSSR count). The van der Waals surface area contributed by atoms with Crippen LogP contribution in [0.15, 0.2) is 35.3 Å². The van der Waals surface area contributed by atoms with Crippen LogP contribution in [-0.4, -0.2) is 49.6 Å². The lowest BCUT2D eigenvalue weighted by atomic mass is 9.96. The molecule has 0 radical (unpaired) electrons. The van der Waals surface area contributed by atoms with Crippen LogP contribution in [0.5, 0.6) is 0 Å². The molecular formula is C22H37IN4. The van der Waals surface area contributed by atoms with Gasteiger partial charge in [0.1, 0.15) is 0 Å². The quantitative estimate of drug-likeness (QED) is 0.349. The Kier molecular flexibility index (Phi) is 8.86. The van der Waals surface area contributed by atoms with Gasteiger partial charge in [-0.3, -0.25) is 4.99 Å². The summed E-state index contributed by atoms with van der Waals surface area (Å²) in [5.74, 6) is 1.70. The Morgan fingerprint density at radius 3 is 2.59 bits per heavy atom. The summed E-state index contributed by atoms with van der Waals surface area (Å²) < 4.78 is 0. The molecule has 1 aliphatic heterocycles. The van der Waals surface area contributed by atoms with E-state index in [1.54, 1.807) is 0 Å². The van der Waals surface area contributed by atoms with Crippen molar-refractivity contribution in [3.63, 3.8) is 0 Å². The van der Waals surface area contributed by atoms with Crippen molar-refractivity contribution in [3.8, 4) is 0 Å². The van der Waals surface area contributed by atoms with E-state index in [1.165, 1.54) is 44.3 Å². The molecule has 1 unspecified atom stereocenters. The maximum atomic E-state index is 4.94. The number of guanidine groups is 1. The van der Waals surface area contributed by atoms with Crippen LogP contribution in [0.1, 0.15) is 52.0 Å². The summed E-state index contributed by atoms with van der Waals surface area (Å²) in [5.41, 5.74) is 1.72. The highest BCUT2D eigenvalue weighted by atomic mass is 127. The fourth-order valence-electron chi connectivity index (χ4n) is 4.03. The van der Waals surface area contributed by atoms with E-state index in [-0.39, 0.29) is 29.4 Å². The molecule has 0 amide bonds. The van der Waals surface area contributed by atoms with Crippen LogP contribution in [0.25, 0.3) is 0 Å². The number of halogens is 1. The van der Waals surface area contributed by atoms with Gasteiger partial charge in [0.05, 0.1) is 6.54 Å². The molecule has 1 heterocycles. The van der Waals surface area contributed by atoms with Gasteiger partial charge in [-0.15, -0.1) is 24.0 Å². The minimum atomic E-state index is 0. The van der Waals surface area contributed by atoms with Gasteiger partial charge in [0.15, 0.2) is 5.96 Å². The number of likely N-dealkylation sites (tertiary alicyclic amines) is 1. The smallest absolute Gasteiger partial charge is 0.191 e. The van der Waals surface area contributed by atoms with E-state index in [0.717, 1.165) is 31.5 Å². The van der Waals surface area contributed by atoms with Crippen molar-refractivity contribution in [3.05, 3.63) is 35.9 Å². The predicted octanol–water partition coefficient (Wildman–Crippen LogP) is 4.01. The molecule has 2 fully saturated rings. The Morgan fingerprint density at radius 2 is 1.96 bits per heavy atom.